The maximum atomic E-state index is 11.6. The molecule has 0 radical (unpaired) electrons. The molecular formula is C12H21N3O4. The van der Waals surface area contributed by atoms with Gasteiger partial charge in [-0.05, 0) is 6.92 Å². The van der Waals surface area contributed by atoms with Crippen molar-refractivity contribution in [2.75, 3.05) is 45.5 Å². The van der Waals surface area contributed by atoms with Gasteiger partial charge in [-0.3, -0.25) is 9.48 Å². The van der Waals surface area contributed by atoms with Crippen LogP contribution in [0.5, 0.6) is 0 Å². The molecule has 1 N–H and O–H groups in total. The van der Waals surface area contributed by atoms with E-state index in [0.717, 1.165) is 5.69 Å². The summed E-state index contributed by atoms with van der Waals surface area (Å²) in [6, 6.07) is 1.80. The van der Waals surface area contributed by atoms with Gasteiger partial charge in [-0.15, -0.1) is 0 Å². The number of ether oxygens (including phenoxy) is 3. The van der Waals surface area contributed by atoms with E-state index in [1.165, 1.54) is 0 Å². The molecule has 108 valence electrons. The summed E-state index contributed by atoms with van der Waals surface area (Å²) in [6.07, 6.45) is 0. The Hall–Kier alpha value is -1.44. The Morgan fingerprint density at radius 2 is 2.00 bits per heavy atom. The van der Waals surface area contributed by atoms with Crippen molar-refractivity contribution in [1.29, 1.82) is 0 Å². The van der Waals surface area contributed by atoms with Gasteiger partial charge in [-0.1, -0.05) is 0 Å². The van der Waals surface area contributed by atoms with Crippen LogP contribution < -0.4 is 5.32 Å². The molecule has 19 heavy (non-hydrogen) atoms. The number of methoxy groups -OCH3 is 1. The number of hydrogen-bond acceptors (Lipinski definition) is 5. The van der Waals surface area contributed by atoms with E-state index in [9.17, 15) is 4.79 Å². The lowest BCUT2D eigenvalue weighted by molar-refractivity contribution is -0.121. The molecule has 0 saturated heterocycles. The SMILES string of the molecule is COCCOCCOCC(=O)Nc1cc(C)nn1C. The third kappa shape index (κ3) is 6.32. The van der Waals surface area contributed by atoms with Gasteiger partial charge in [0, 0.05) is 20.2 Å². The quantitative estimate of drug-likeness (QED) is 0.656. The lowest BCUT2D eigenvalue weighted by atomic mass is 10.4. The van der Waals surface area contributed by atoms with Crippen LogP contribution in [-0.2, 0) is 26.1 Å². The normalized spacial score (nSPS) is 10.7. The van der Waals surface area contributed by atoms with Gasteiger partial charge >= 0.3 is 0 Å². The minimum Gasteiger partial charge on any atom is -0.382 e. The van der Waals surface area contributed by atoms with Crippen molar-refractivity contribution < 1.29 is 19.0 Å². The van der Waals surface area contributed by atoms with Gasteiger partial charge < -0.3 is 19.5 Å². The molecular weight excluding hydrogens is 250 g/mol. The minimum atomic E-state index is -0.208. The van der Waals surface area contributed by atoms with E-state index in [4.69, 9.17) is 14.2 Å². The summed E-state index contributed by atoms with van der Waals surface area (Å²) in [5.41, 5.74) is 0.852. The van der Waals surface area contributed by atoms with Gasteiger partial charge in [0.1, 0.15) is 12.4 Å². The van der Waals surface area contributed by atoms with E-state index in [2.05, 4.69) is 10.4 Å². The van der Waals surface area contributed by atoms with Gasteiger partial charge in [0.25, 0.3) is 5.91 Å². The fourth-order valence-corrected chi connectivity index (χ4v) is 1.43. The predicted molar refractivity (Wildman–Crippen MR) is 70.1 cm³/mol. The van der Waals surface area contributed by atoms with Gasteiger partial charge in [-0.2, -0.15) is 5.10 Å². The molecule has 0 atom stereocenters. The van der Waals surface area contributed by atoms with Crippen LogP contribution in [0, 0.1) is 6.92 Å². The number of anilines is 1. The van der Waals surface area contributed by atoms with E-state index in [0.29, 0.717) is 32.2 Å². The summed E-state index contributed by atoms with van der Waals surface area (Å²) < 4.78 is 16.8. The first-order valence-corrected chi connectivity index (χ1v) is 6.08. The zero-order valence-electron chi connectivity index (χ0n) is 11.6. The molecule has 0 aromatic carbocycles. The molecule has 0 unspecified atom stereocenters. The highest BCUT2D eigenvalue weighted by atomic mass is 16.5. The topological polar surface area (TPSA) is 74.6 Å². The first kappa shape index (κ1) is 15.6. The molecule has 1 heterocycles. The number of hydrogen-bond donors (Lipinski definition) is 1. The molecule has 0 saturated carbocycles. The lowest BCUT2D eigenvalue weighted by Gasteiger charge is -2.06. The van der Waals surface area contributed by atoms with E-state index < -0.39 is 0 Å². The zero-order valence-corrected chi connectivity index (χ0v) is 11.6. The van der Waals surface area contributed by atoms with Crippen molar-refractivity contribution in [2.24, 2.45) is 7.05 Å². The summed E-state index contributed by atoms with van der Waals surface area (Å²) in [7, 11) is 3.39. The predicted octanol–water partition coefficient (Wildman–Crippen LogP) is 0.347. The second kappa shape index (κ2) is 8.63. The number of nitrogens with one attached hydrogen (secondary N) is 1. The molecule has 1 amide bonds. The molecule has 7 nitrogen and oxygen atoms in total. The van der Waals surface area contributed by atoms with Gasteiger partial charge in [0.15, 0.2) is 0 Å². The molecule has 0 bridgehead atoms. The van der Waals surface area contributed by atoms with Crippen LogP contribution in [0.25, 0.3) is 0 Å². The minimum absolute atomic E-state index is 0.00212. The zero-order chi connectivity index (χ0) is 14.1. The average Bonchev–Trinajstić information content (AvgIpc) is 2.66. The smallest absolute Gasteiger partial charge is 0.251 e. The molecule has 7 heteroatoms. The van der Waals surface area contributed by atoms with E-state index >= 15 is 0 Å². The van der Waals surface area contributed by atoms with Crippen molar-refractivity contribution in [1.82, 2.24) is 9.78 Å². The highest BCUT2D eigenvalue weighted by molar-refractivity contribution is 5.90. The Bertz CT molecular complexity index is 392. The second-order valence-corrected chi connectivity index (χ2v) is 4.00. The molecule has 0 aliphatic carbocycles. The molecule has 0 aliphatic heterocycles. The Balaban J connectivity index is 2.10. The molecule has 1 aromatic heterocycles. The van der Waals surface area contributed by atoms with Crippen molar-refractivity contribution in [2.45, 2.75) is 6.92 Å². The van der Waals surface area contributed by atoms with Crippen LogP contribution in [0.3, 0.4) is 0 Å². The van der Waals surface area contributed by atoms with Crippen LogP contribution in [0.2, 0.25) is 0 Å². The number of aryl methyl sites for hydroxylation is 2. The summed E-state index contributed by atoms with van der Waals surface area (Å²) in [5, 5.41) is 6.85. The van der Waals surface area contributed by atoms with E-state index in [1.807, 2.05) is 6.92 Å². The van der Waals surface area contributed by atoms with E-state index in [1.54, 1.807) is 24.9 Å². The first-order valence-electron chi connectivity index (χ1n) is 6.08. The molecule has 0 spiro atoms. The average molecular weight is 271 g/mol. The fourth-order valence-electron chi connectivity index (χ4n) is 1.43. The standard InChI is InChI=1S/C12H21N3O4/c1-10-8-11(15(2)14-10)13-12(16)9-19-7-6-18-5-4-17-3/h8H,4-7,9H2,1-3H3,(H,13,16). The summed E-state index contributed by atoms with van der Waals surface area (Å²) >= 11 is 0. The van der Waals surface area contributed by atoms with Crippen LogP contribution in [-0.4, -0.2) is 55.8 Å². The number of aromatic nitrogens is 2. The highest BCUT2D eigenvalue weighted by Crippen LogP contribution is 2.07. The van der Waals surface area contributed by atoms with Crippen LogP contribution >= 0.6 is 0 Å². The van der Waals surface area contributed by atoms with Crippen molar-refractivity contribution in [3.8, 4) is 0 Å². The third-order valence-corrected chi connectivity index (χ3v) is 2.31. The van der Waals surface area contributed by atoms with E-state index in [-0.39, 0.29) is 12.5 Å². The van der Waals surface area contributed by atoms with Crippen molar-refractivity contribution in [3.05, 3.63) is 11.8 Å². The Morgan fingerprint density at radius 3 is 2.63 bits per heavy atom. The molecule has 0 fully saturated rings. The number of nitrogens with zero attached hydrogens (tertiary/aromatic N) is 2. The summed E-state index contributed by atoms with van der Waals surface area (Å²) in [5.74, 6) is 0.447. The van der Waals surface area contributed by atoms with Crippen LogP contribution in [0.1, 0.15) is 5.69 Å². The molecule has 1 rings (SSSR count). The summed E-state index contributed by atoms with van der Waals surface area (Å²) in [4.78, 5) is 11.6. The van der Waals surface area contributed by atoms with Crippen LogP contribution in [0.15, 0.2) is 6.07 Å². The fraction of sp³-hybridized carbons (Fsp3) is 0.667. The Morgan fingerprint density at radius 1 is 1.32 bits per heavy atom. The second-order valence-electron chi connectivity index (χ2n) is 4.00. The largest absolute Gasteiger partial charge is 0.382 e. The maximum absolute atomic E-state index is 11.6. The van der Waals surface area contributed by atoms with Crippen molar-refractivity contribution in [3.63, 3.8) is 0 Å². The van der Waals surface area contributed by atoms with Crippen LogP contribution in [0.4, 0.5) is 5.82 Å². The van der Waals surface area contributed by atoms with Crippen molar-refractivity contribution >= 4 is 11.7 Å². The molecule has 1 aromatic rings. The molecule has 0 aliphatic rings. The van der Waals surface area contributed by atoms with Gasteiger partial charge in [-0.25, -0.2) is 0 Å². The maximum Gasteiger partial charge on any atom is 0.251 e. The highest BCUT2D eigenvalue weighted by Gasteiger charge is 2.06. The monoisotopic (exact) mass is 271 g/mol. The third-order valence-electron chi connectivity index (χ3n) is 2.31. The Labute approximate surface area is 112 Å². The first-order chi connectivity index (χ1) is 9.13. The number of carbonyl (C=O) groups excluding carboxylic acids is 1. The number of carbonyl (C=O) groups is 1. The Kier molecular flexibility index (Phi) is 7.09. The lowest BCUT2D eigenvalue weighted by Crippen LogP contribution is -2.21. The van der Waals surface area contributed by atoms with Gasteiger partial charge in [0.2, 0.25) is 0 Å². The summed E-state index contributed by atoms with van der Waals surface area (Å²) in [6.45, 7) is 3.77. The number of rotatable bonds is 9. The number of amides is 1. The van der Waals surface area contributed by atoms with Gasteiger partial charge in [0.05, 0.1) is 32.1 Å².